The summed E-state index contributed by atoms with van der Waals surface area (Å²) >= 11 is 0. The molecule has 1 amide bonds. The molecule has 8 heteroatoms. The van der Waals surface area contributed by atoms with Crippen LogP contribution in [-0.4, -0.2) is 45.1 Å². The second-order valence-corrected chi connectivity index (χ2v) is 6.86. The zero-order valence-corrected chi connectivity index (χ0v) is 15.0. The second-order valence-electron chi connectivity index (χ2n) is 6.86. The topological polar surface area (TPSA) is 88.5 Å². The van der Waals surface area contributed by atoms with Gasteiger partial charge in [-0.2, -0.15) is 10.2 Å². The normalized spacial score (nSPS) is 19.7. The van der Waals surface area contributed by atoms with Gasteiger partial charge in [-0.15, -0.1) is 0 Å². The molecule has 3 aromatic heterocycles. The van der Waals surface area contributed by atoms with Gasteiger partial charge in [0, 0.05) is 61.7 Å². The lowest BCUT2D eigenvalue weighted by Gasteiger charge is -2.30. The van der Waals surface area contributed by atoms with Gasteiger partial charge in [0.1, 0.15) is 0 Å². The minimum Gasteiger partial charge on any atom is -0.381 e. The number of fused-ring (bicyclic) bond motifs is 1. The highest BCUT2D eigenvalue weighted by molar-refractivity contribution is 6.01. The van der Waals surface area contributed by atoms with Crippen LogP contribution in [0.1, 0.15) is 6.42 Å². The van der Waals surface area contributed by atoms with Gasteiger partial charge in [-0.3, -0.25) is 9.48 Å². The molecule has 0 aromatic carbocycles. The third-order valence-electron chi connectivity index (χ3n) is 5.30. The monoisotopic (exact) mass is 364 g/mol. The molecule has 1 unspecified atom stereocenters. The van der Waals surface area contributed by atoms with Crippen molar-refractivity contribution in [2.45, 2.75) is 6.42 Å². The van der Waals surface area contributed by atoms with E-state index in [-0.39, 0.29) is 11.8 Å². The Morgan fingerprint density at radius 1 is 1.22 bits per heavy atom. The summed E-state index contributed by atoms with van der Waals surface area (Å²) in [5, 5.41) is 15.1. The van der Waals surface area contributed by atoms with Crippen LogP contribution in [0, 0.1) is 23.7 Å². The minimum atomic E-state index is 0.0923. The number of anilines is 1. The Morgan fingerprint density at radius 3 is 2.70 bits per heavy atom. The molecule has 0 aliphatic carbocycles. The van der Waals surface area contributed by atoms with Crippen LogP contribution in [0.4, 0.5) is 5.69 Å². The average molecular weight is 364 g/mol. The number of ether oxygens (including phenoxy) is 1. The molecule has 2 aliphatic heterocycles. The minimum absolute atomic E-state index is 0.0923. The van der Waals surface area contributed by atoms with E-state index in [0.717, 1.165) is 35.3 Å². The number of nitrogens with zero attached hydrogens (tertiary/aromatic N) is 6. The van der Waals surface area contributed by atoms with Gasteiger partial charge >= 0.3 is 0 Å². The highest BCUT2D eigenvalue weighted by atomic mass is 16.5. The van der Waals surface area contributed by atoms with E-state index < -0.39 is 0 Å². The van der Waals surface area contributed by atoms with E-state index in [1.165, 1.54) is 0 Å². The van der Waals surface area contributed by atoms with E-state index in [0.29, 0.717) is 19.1 Å². The molecule has 3 aromatic rings. The lowest BCUT2D eigenvalue weighted by molar-refractivity contribution is -0.129. The first-order chi connectivity index (χ1) is 13.2. The number of nitriles is 1. The SMILES string of the molecule is C#N.Cn1cc(-c2cc3c(N4CCC(C5COC5)C4=O)ccnn3c2)cn1. The maximum atomic E-state index is 12.9. The van der Waals surface area contributed by atoms with Crippen LogP contribution in [0.5, 0.6) is 0 Å². The lowest BCUT2D eigenvalue weighted by Crippen LogP contribution is -2.39. The molecule has 1 atom stereocenters. The number of carbonyl (C=O) groups is 1. The van der Waals surface area contributed by atoms with Crippen LogP contribution >= 0.6 is 0 Å². The molecule has 5 heterocycles. The van der Waals surface area contributed by atoms with Gasteiger partial charge < -0.3 is 9.64 Å². The van der Waals surface area contributed by atoms with E-state index in [1.54, 1.807) is 10.9 Å². The van der Waals surface area contributed by atoms with Gasteiger partial charge in [-0.05, 0) is 18.6 Å². The summed E-state index contributed by atoms with van der Waals surface area (Å²) in [5.41, 5.74) is 3.96. The molecule has 0 bridgehead atoms. The Morgan fingerprint density at radius 2 is 2.04 bits per heavy atom. The van der Waals surface area contributed by atoms with Crippen molar-refractivity contribution in [3.63, 3.8) is 0 Å². The standard InChI is InChI=1S/C18H19N5O2.CHN/c1-21-8-13(7-20-21)12-6-17-16(2-4-19-23(17)9-12)22-5-3-15(18(22)24)14-10-25-11-14;1-2/h2,4,6-9,14-15H,3,5,10-11H2,1H3;1H. The molecule has 2 fully saturated rings. The second kappa shape index (κ2) is 6.85. The number of aromatic nitrogens is 4. The van der Waals surface area contributed by atoms with Gasteiger partial charge in [0.25, 0.3) is 0 Å². The summed E-state index contributed by atoms with van der Waals surface area (Å²) in [7, 11) is 1.90. The van der Waals surface area contributed by atoms with Gasteiger partial charge in [0.05, 0.1) is 30.6 Å². The molecule has 5 rings (SSSR count). The Kier molecular flexibility index (Phi) is 4.38. The van der Waals surface area contributed by atoms with Gasteiger partial charge in [0.2, 0.25) is 5.91 Å². The summed E-state index contributed by atoms with van der Waals surface area (Å²) in [6.07, 6.45) is 8.44. The molecule has 2 saturated heterocycles. The number of aryl methyl sites for hydroxylation is 1. The van der Waals surface area contributed by atoms with Crippen LogP contribution in [-0.2, 0) is 16.6 Å². The fraction of sp³-hybridized carbons (Fsp3) is 0.368. The Hall–Kier alpha value is -3.18. The first kappa shape index (κ1) is 17.2. The first-order valence-electron chi connectivity index (χ1n) is 8.82. The maximum Gasteiger partial charge on any atom is 0.230 e. The molecule has 0 spiro atoms. The van der Waals surface area contributed by atoms with E-state index in [4.69, 9.17) is 10.00 Å². The molecule has 0 radical (unpaired) electrons. The molecular weight excluding hydrogens is 344 g/mol. The first-order valence-corrected chi connectivity index (χ1v) is 8.82. The number of amides is 1. The number of carbonyl (C=O) groups excluding carboxylic acids is 1. The van der Waals surface area contributed by atoms with Crippen molar-refractivity contribution in [2.75, 3.05) is 24.7 Å². The third kappa shape index (κ3) is 2.86. The van der Waals surface area contributed by atoms with Crippen molar-refractivity contribution in [1.29, 1.82) is 5.26 Å². The Bertz CT molecular complexity index is 1000. The summed E-state index contributed by atoms with van der Waals surface area (Å²) in [4.78, 5) is 14.8. The van der Waals surface area contributed by atoms with Crippen LogP contribution in [0.15, 0.2) is 36.9 Å². The van der Waals surface area contributed by atoms with Crippen LogP contribution in [0.2, 0.25) is 0 Å². The van der Waals surface area contributed by atoms with Crippen molar-refractivity contribution < 1.29 is 9.53 Å². The number of hydrogen-bond acceptors (Lipinski definition) is 5. The van der Waals surface area contributed by atoms with Crippen LogP contribution in [0.3, 0.4) is 0 Å². The highest BCUT2D eigenvalue weighted by Crippen LogP contribution is 2.35. The predicted molar refractivity (Wildman–Crippen MR) is 98.8 cm³/mol. The zero-order chi connectivity index (χ0) is 19.0. The smallest absolute Gasteiger partial charge is 0.230 e. The zero-order valence-electron chi connectivity index (χ0n) is 15.0. The largest absolute Gasteiger partial charge is 0.381 e. The highest BCUT2D eigenvalue weighted by Gasteiger charge is 2.41. The van der Waals surface area contributed by atoms with Gasteiger partial charge in [-0.1, -0.05) is 0 Å². The lowest BCUT2D eigenvalue weighted by atomic mass is 9.89. The summed E-state index contributed by atoms with van der Waals surface area (Å²) < 4.78 is 8.89. The van der Waals surface area contributed by atoms with E-state index in [9.17, 15) is 4.79 Å². The van der Waals surface area contributed by atoms with E-state index >= 15 is 0 Å². The molecular formula is C19H20N6O2. The van der Waals surface area contributed by atoms with Crippen molar-refractivity contribution in [3.05, 3.63) is 36.9 Å². The Labute approximate surface area is 156 Å². The fourth-order valence-corrected chi connectivity index (χ4v) is 3.82. The van der Waals surface area contributed by atoms with Crippen molar-refractivity contribution in [1.82, 2.24) is 19.4 Å². The van der Waals surface area contributed by atoms with Crippen molar-refractivity contribution in [3.8, 4) is 17.7 Å². The van der Waals surface area contributed by atoms with E-state index in [1.807, 2.05) is 41.1 Å². The Balaban J connectivity index is 0.000000872. The van der Waals surface area contributed by atoms with Crippen LogP contribution in [0.25, 0.3) is 16.6 Å². The average Bonchev–Trinajstić information content (AvgIpc) is 3.34. The number of hydrogen-bond donors (Lipinski definition) is 0. The summed E-state index contributed by atoms with van der Waals surface area (Å²) in [5.74, 6) is 0.688. The maximum absolute atomic E-state index is 12.9. The molecule has 27 heavy (non-hydrogen) atoms. The molecule has 0 N–H and O–H groups in total. The molecule has 2 aliphatic rings. The fourth-order valence-electron chi connectivity index (χ4n) is 3.82. The van der Waals surface area contributed by atoms with Crippen LogP contribution < -0.4 is 4.90 Å². The summed E-state index contributed by atoms with van der Waals surface area (Å²) in [6, 6.07) is 4.01. The molecule has 138 valence electrons. The number of rotatable bonds is 3. The van der Waals surface area contributed by atoms with Gasteiger partial charge in [-0.25, -0.2) is 9.78 Å². The predicted octanol–water partition coefficient (Wildman–Crippen LogP) is 1.87. The quantitative estimate of drug-likeness (QED) is 0.708. The molecule has 8 nitrogen and oxygen atoms in total. The van der Waals surface area contributed by atoms with Crippen molar-refractivity contribution in [2.24, 2.45) is 18.9 Å². The third-order valence-corrected chi connectivity index (χ3v) is 5.30. The summed E-state index contributed by atoms with van der Waals surface area (Å²) in [6.45, 7) is 5.69. The van der Waals surface area contributed by atoms with Crippen molar-refractivity contribution >= 4 is 17.1 Å². The molecule has 0 saturated carbocycles. The van der Waals surface area contributed by atoms with Gasteiger partial charge in [0.15, 0.2) is 0 Å². The van der Waals surface area contributed by atoms with E-state index in [2.05, 4.69) is 22.8 Å².